The molecule has 0 radical (unpaired) electrons. The van der Waals surface area contributed by atoms with Crippen LogP contribution in [0, 0.1) is 0 Å². The highest BCUT2D eigenvalue weighted by Crippen LogP contribution is 2.27. The fourth-order valence-electron chi connectivity index (χ4n) is 2.38. The van der Waals surface area contributed by atoms with Crippen LogP contribution < -0.4 is 4.74 Å². The summed E-state index contributed by atoms with van der Waals surface area (Å²) in [5, 5.41) is 9.78. The molecule has 0 spiro atoms. The Morgan fingerprint density at radius 1 is 1.58 bits per heavy atom. The van der Waals surface area contributed by atoms with E-state index in [1.165, 1.54) is 0 Å². The van der Waals surface area contributed by atoms with E-state index in [1.54, 1.807) is 13.2 Å². The van der Waals surface area contributed by atoms with Gasteiger partial charge in [-0.05, 0) is 37.6 Å². The number of carboxylic acid groups (broad SMARTS) is 1. The van der Waals surface area contributed by atoms with Gasteiger partial charge in [0.2, 0.25) is 0 Å². The Labute approximate surface area is 123 Å². The lowest BCUT2D eigenvalue weighted by Crippen LogP contribution is -2.35. The van der Waals surface area contributed by atoms with E-state index in [4.69, 9.17) is 21.4 Å². The van der Waals surface area contributed by atoms with Crippen molar-refractivity contribution in [2.45, 2.75) is 25.4 Å². The van der Waals surface area contributed by atoms with Gasteiger partial charge in [-0.2, -0.15) is 0 Å². The molecule has 1 heterocycles. The van der Waals surface area contributed by atoms with Crippen LogP contribution in [-0.4, -0.2) is 35.7 Å². The summed E-state index contributed by atoms with van der Waals surface area (Å²) in [6.07, 6.45) is 1.62. The number of nitrogens with zero attached hydrogens (tertiary/aromatic N) is 1. The molecular formula is C13H17Cl2NO3. The summed E-state index contributed by atoms with van der Waals surface area (Å²) in [5.41, 5.74) is 0.929. The van der Waals surface area contributed by atoms with E-state index < -0.39 is 12.0 Å². The lowest BCUT2D eigenvalue weighted by atomic mass is 10.1. The molecule has 106 valence electrons. The number of carbonyl (C=O) groups is 1. The molecule has 1 aromatic rings. The summed E-state index contributed by atoms with van der Waals surface area (Å²) in [6, 6.07) is 5.01. The summed E-state index contributed by atoms with van der Waals surface area (Å²) in [7, 11) is 1.60. The highest BCUT2D eigenvalue weighted by atomic mass is 35.5. The van der Waals surface area contributed by atoms with E-state index in [0.29, 0.717) is 18.0 Å². The van der Waals surface area contributed by atoms with Gasteiger partial charge in [0.25, 0.3) is 0 Å². The first-order chi connectivity index (χ1) is 8.61. The van der Waals surface area contributed by atoms with E-state index in [0.717, 1.165) is 24.3 Å². The van der Waals surface area contributed by atoms with Crippen molar-refractivity contribution in [3.8, 4) is 5.75 Å². The van der Waals surface area contributed by atoms with E-state index in [9.17, 15) is 4.79 Å². The van der Waals surface area contributed by atoms with E-state index >= 15 is 0 Å². The van der Waals surface area contributed by atoms with Crippen LogP contribution in [0.25, 0.3) is 0 Å². The molecule has 1 aromatic carbocycles. The first kappa shape index (κ1) is 16.1. The van der Waals surface area contributed by atoms with Crippen LogP contribution in [0.5, 0.6) is 5.75 Å². The Hall–Kier alpha value is -0.970. The smallest absolute Gasteiger partial charge is 0.320 e. The maximum atomic E-state index is 11.1. The number of hydrogen-bond acceptors (Lipinski definition) is 3. The number of likely N-dealkylation sites (tertiary alicyclic amines) is 1. The van der Waals surface area contributed by atoms with Crippen molar-refractivity contribution >= 4 is 30.0 Å². The Morgan fingerprint density at radius 2 is 2.32 bits per heavy atom. The largest absolute Gasteiger partial charge is 0.496 e. The van der Waals surface area contributed by atoms with E-state index in [-0.39, 0.29) is 12.4 Å². The minimum Gasteiger partial charge on any atom is -0.496 e. The molecule has 1 unspecified atom stereocenters. The lowest BCUT2D eigenvalue weighted by Gasteiger charge is -2.22. The molecule has 4 nitrogen and oxygen atoms in total. The molecule has 1 aliphatic heterocycles. The molecule has 2 rings (SSSR count). The van der Waals surface area contributed by atoms with Gasteiger partial charge in [-0.25, -0.2) is 0 Å². The van der Waals surface area contributed by atoms with Crippen molar-refractivity contribution in [1.82, 2.24) is 4.90 Å². The quantitative estimate of drug-likeness (QED) is 0.929. The first-order valence-corrected chi connectivity index (χ1v) is 6.29. The number of ether oxygens (including phenoxy) is 1. The van der Waals surface area contributed by atoms with Gasteiger partial charge in [0.05, 0.1) is 7.11 Å². The molecule has 1 aliphatic rings. The Bertz CT molecular complexity index is 454. The van der Waals surface area contributed by atoms with Gasteiger partial charge < -0.3 is 9.84 Å². The molecule has 0 aliphatic carbocycles. The highest BCUT2D eigenvalue weighted by Gasteiger charge is 2.30. The van der Waals surface area contributed by atoms with Gasteiger partial charge in [-0.1, -0.05) is 11.6 Å². The van der Waals surface area contributed by atoms with Crippen LogP contribution >= 0.6 is 24.0 Å². The van der Waals surface area contributed by atoms with E-state index in [1.807, 2.05) is 17.0 Å². The van der Waals surface area contributed by atoms with Gasteiger partial charge in [0.1, 0.15) is 11.8 Å². The van der Waals surface area contributed by atoms with Crippen LogP contribution in [-0.2, 0) is 11.3 Å². The molecule has 0 aromatic heterocycles. The average Bonchev–Trinajstić information content (AvgIpc) is 2.77. The zero-order chi connectivity index (χ0) is 13.1. The van der Waals surface area contributed by atoms with Gasteiger partial charge in [0, 0.05) is 17.1 Å². The summed E-state index contributed by atoms with van der Waals surface area (Å²) >= 11 is 5.97. The van der Waals surface area contributed by atoms with Gasteiger partial charge in [-0.3, -0.25) is 9.69 Å². The summed E-state index contributed by atoms with van der Waals surface area (Å²) < 4.78 is 5.27. The standard InChI is InChI=1S/C13H16ClNO3.ClH/c1-18-12-5-4-10(14)7-9(12)8-15-6-2-3-11(15)13(16)17;/h4-5,7,11H,2-3,6,8H2,1H3,(H,16,17);1H. The zero-order valence-electron chi connectivity index (χ0n) is 10.6. The molecule has 0 saturated carbocycles. The predicted octanol–water partition coefficient (Wildman–Crippen LogP) is 2.82. The van der Waals surface area contributed by atoms with E-state index in [2.05, 4.69) is 0 Å². The second-order valence-electron chi connectivity index (χ2n) is 4.42. The maximum Gasteiger partial charge on any atom is 0.320 e. The first-order valence-electron chi connectivity index (χ1n) is 5.91. The van der Waals surface area contributed by atoms with Gasteiger partial charge in [0.15, 0.2) is 0 Å². The third-order valence-electron chi connectivity index (χ3n) is 3.26. The number of aliphatic carboxylic acids is 1. The molecule has 1 N–H and O–H groups in total. The average molecular weight is 306 g/mol. The Morgan fingerprint density at radius 3 is 2.95 bits per heavy atom. The monoisotopic (exact) mass is 305 g/mol. The number of rotatable bonds is 4. The minimum absolute atomic E-state index is 0. The highest BCUT2D eigenvalue weighted by molar-refractivity contribution is 6.30. The van der Waals surface area contributed by atoms with Crippen LogP contribution in [0.15, 0.2) is 18.2 Å². The topological polar surface area (TPSA) is 49.8 Å². The summed E-state index contributed by atoms with van der Waals surface area (Å²) in [5.74, 6) is -0.0102. The SMILES string of the molecule is COc1ccc(Cl)cc1CN1CCCC1C(=O)O.Cl. The number of halogens is 2. The van der Waals surface area contributed by atoms with Gasteiger partial charge in [-0.15, -0.1) is 12.4 Å². The molecule has 1 fully saturated rings. The van der Waals surface area contributed by atoms with Crippen LogP contribution in [0.4, 0.5) is 0 Å². The molecular weight excluding hydrogens is 289 g/mol. The van der Waals surface area contributed by atoms with Crippen molar-refractivity contribution in [2.75, 3.05) is 13.7 Å². The van der Waals surface area contributed by atoms with Crippen molar-refractivity contribution in [3.05, 3.63) is 28.8 Å². The molecule has 0 bridgehead atoms. The van der Waals surface area contributed by atoms with Crippen LogP contribution in [0.2, 0.25) is 5.02 Å². The van der Waals surface area contributed by atoms with Crippen molar-refractivity contribution in [3.63, 3.8) is 0 Å². The molecule has 0 amide bonds. The third-order valence-corrected chi connectivity index (χ3v) is 3.50. The number of hydrogen-bond donors (Lipinski definition) is 1. The predicted molar refractivity (Wildman–Crippen MR) is 76.3 cm³/mol. The van der Waals surface area contributed by atoms with Crippen molar-refractivity contribution < 1.29 is 14.6 Å². The summed E-state index contributed by atoms with van der Waals surface area (Å²) in [6.45, 7) is 1.35. The normalized spacial score (nSPS) is 18.9. The number of methoxy groups -OCH3 is 1. The summed E-state index contributed by atoms with van der Waals surface area (Å²) in [4.78, 5) is 13.1. The lowest BCUT2D eigenvalue weighted by molar-refractivity contribution is -0.142. The fourth-order valence-corrected chi connectivity index (χ4v) is 2.58. The number of benzene rings is 1. The Balaban J connectivity index is 0.00000180. The van der Waals surface area contributed by atoms with Crippen LogP contribution in [0.1, 0.15) is 18.4 Å². The van der Waals surface area contributed by atoms with Crippen molar-refractivity contribution in [2.24, 2.45) is 0 Å². The van der Waals surface area contributed by atoms with Crippen LogP contribution in [0.3, 0.4) is 0 Å². The molecule has 1 atom stereocenters. The minimum atomic E-state index is -0.756. The Kier molecular flexibility index (Phi) is 5.91. The molecule has 1 saturated heterocycles. The number of carboxylic acids is 1. The fraction of sp³-hybridized carbons (Fsp3) is 0.462. The third kappa shape index (κ3) is 3.75. The maximum absolute atomic E-state index is 11.1. The second-order valence-corrected chi connectivity index (χ2v) is 4.86. The molecule has 6 heteroatoms. The zero-order valence-corrected chi connectivity index (χ0v) is 12.2. The van der Waals surface area contributed by atoms with Crippen molar-refractivity contribution in [1.29, 1.82) is 0 Å². The second kappa shape index (κ2) is 6.98. The molecule has 19 heavy (non-hydrogen) atoms. The van der Waals surface area contributed by atoms with Gasteiger partial charge >= 0.3 is 5.97 Å².